The summed E-state index contributed by atoms with van der Waals surface area (Å²) in [5, 5.41) is 0. The highest BCUT2D eigenvalue weighted by Crippen LogP contribution is 2.73. The number of hydrogen-bond donors (Lipinski definition) is 0. The number of rotatable bonds is 16. The van der Waals surface area contributed by atoms with E-state index in [2.05, 4.69) is 200 Å². The highest BCUT2D eigenvalue weighted by atomic mass is 17.2. The topological polar surface area (TPSA) is 63.2 Å². The first-order valence-electron chi connectivity index (χ1n) is 36.1. The molecule has 8 aliphatic rings. The van der Waals surface area contributed by atoms with Gasteiger partial charge in [0.05, 0.1) is 12.7 Å². The Labute approximate surface area is 540 Å². The van der Waals surface area contributed by atoms with Gasteiger partial charge in [-0.1, -0.05) is 141 Å². The zero-order valence-electron chi connectivity index (χ0n) is 58.4. The van der Waals surface area contributed by atoms with E-state index in [0.29, 0.717) is 40.6 Å². The predicted octanol–water partition coefficient (Wildman–Crippen LogP) is 22.7. The number of esters is 1. The zero-order valence-corrected chi connectivity index (χ0v) is 58.4. The highest BCUT2D eigenvalue weighted by Gasteiger charge is 2.67. The maximum atomic E-state index is 12.0. The maximum absolute atomic E-state index is 12.0. The Hall–Kier alpha value is -4.39. The van der Waals surface area contributed by atoms with Crippen LogP contribution in [-0.4, -0.2) is 24.8 Å². The van der Waals surface area contributed by atoms with Gasteiger partial charge >= 0.3 is 5.97 Å². The van der Waals surface area contributed by atoms with E-state index in [-0.39, 0.29) is 34.4 Å². The maximum Gasteiger partial charge on any atom is 0.302 e. The van der Waals surface area contributed by atoms with Gasteiger partial charge in [-0.05, 0) is 303 Å². The standard InChI is InChI=1S/C51H64O2.C32H54O4/c1-34(2)32-37(5)46-26-27-47-45-25-16-40-33-51(31-30-49(40,6)48(45)28-29-50(46,47)7,38-12-21-43(22-13-38)52-41-17-8-35(3)9-18-41)39-14-23-44(24-15-39)53-42-19-10-36(4)11-20-42;1-10-34-36-27-19-23-25-14-13-24(21(4)12-11-20(2)3)31(25,8)17-15-26(23)32(9)18-16-28(35-22(5)33)30(6,7)29(27)32/h8-15,17-24,34,37,40,45-48H,16,25-33H2,1-7H3;11,21,23-29H,10,12-19H2,1-9H3. The Morgan fingerprint density at radius 1 is 0.539 bits per heavy atom. The first-order chi connectivity index (χ1) is 42.3. The van der Waals surface area contributed by atoms with Crippen LogP contribution in [0.1, 0.15) is 235 Å². The predicted molar refractivity (Wildman–Crippen MR) is 365 cm³/mol. The largest absolute Gasteiger partial charge is 0.462 e. The average Bonchev–Trinajstić information content (AvgIpc) is 1.64. The van der Waals surface area contributed by atoms with E-state index in [0.717, 1.165) is 101 Å². The second-order valence-electron chi connectivity index (χ2n) is 33.5. The fourth-order valence-electron chi connectivity index (χ4n) is 23.4. The van der Waals surface area contributed by atoms with Crippen molar-refractivity contribution in [3.05, 3.63) is 131 Å². The number of allylic oxidation sites excluding steroid dienone is 2. The molecule has 0 aliphatic heterocycles. The molecule has 18 unspecified atom stereocenters. The molecule has 486 valence electrons. The average molecular weight is 1210 g/mol. The van der Waals surface area contributed by atoms with Crippen LogP contribution in [0.15, 0.2) is 109 Å². The molecule has 12 rings (SSSR count). The number of ether oxygens (including phenoxy) is 3. The van der Waals surface area contributed by atoms with Gasteiger partial charge in [-0.2, -0.15) is 0 Å². The Bertz CT molecular complexity index is 2950. The summed E-state index contributed by atoms with van der Waals surface area (Å²) in [6.45, 7) is 38.0. The molecule has 18 atom stereocenters. The summed E-state index contributed by atoms with van der Waals surface area (Å²) < 4.78 is 18.6. The minimum Gasteiger partial charge on any atom is -0.462 e. The lowest BCUT2D eigenvalue weighted by molar-refractivity contribution is -0.368. The van der Waals surface area contributed by atoms with Crippen LogP contribution in [0, 0.1) is 118 Å². The monoisotopic (exact) mass is 1210 g/mol. The number of aryl methyl sites for hydroxylation is 2. The van der Waals surface area contributed by atoms with Crippen LogP contribution in [0.2, 0.25) is 0 Å². The minimum atomic E-state index is -0.166. The second kappa shape index (κ2) is 26.2. The van der Waals surface area contributed by atoms with Crippen molar-refractivity contribution in [1.82, 2.24) is 0 Å². The van der Waals surface area contributed by atoms with E-state index >= 15 is 0 Å². The molecule has 6 nitrogen and oxygen atoms in total. The first kappa shape index (κ1) is 66.1. The molecule has 4 aromatic rings. The molecule has 8 aliphatic carbocycles. The third-order valence-electron chi connectivity index (χ3n) is 27.4. The molecule has 0 bridgehead atoms. The van der Waals surface area contributed by atoms with Crippen LogP contribution in [-0.2, 0) is 24.7 Å². The lowest BCUT2D eigenvalue weighted by atomic mass is 9.40. The van der Waals surface area contributed by atoms with E-state index in [1.165, 1.54) is 124 Å². The molecule has 0 aromatic heterocycles. The van der Waals surface area contributed by atoms with Crippen LogP contribution in [0.4, 0.5) is 0 Å². The number of hydrogen-bond acceptors (Lipinski definition) is 6. The number of benzene rings is 4. The quantitative estimate of drug-likeness (QED) is 0.0482. The van der Waals surface area contributed by atoms with E-state index in [9.17, 15) is 4.79 Å². The Morgan fingerprint density at radius 3 is 1.53 bits per heavy atom. The summed E-state index contributed by atoms with van der Waals surface area (Å²) in [5.74, 6) is 13.5. The lowest BCUT2D eigenvalue weighted by Crippen LogP contribution is -2.64. The Morgan fingerprint density at radius 2 is 1.02 bits per heavy atom. The van der Waals surface area contributed by atoms with E-state index in [4.69, 9.17) is 24.0 Å². The van der Waals surface area contributed by atoms with Gasteiger partial charge < -0.3 is 14.2 Å². The normalized spacial score (nSPS) is 36.2. The summed E-state index contributed by atoms with van der Waals surface area (Å²) >= 11 is 0. The Balaban J connectivity index is 0.000000198. The molecule has 8 fully saturated rings. The van der Waals surface area contributed by atoms with Crippen LogP contribution in [0.5, 0.6) is 23.0 Å². The van der Waals surface area contributed by atoms with Gasteiger partial charge in [-0.15, -0.1) is 0 Å². The van der Waals surface area contributed by atoms with Crippen molar-refractivity contribution in [3.63, 3.8) is 0 Å². The number of carbonyl (C=O) groups excluding carboxylic acids is 1. The number of fused-ring (bicyclic) bond motifs is 10. The summed E-state index contributed by atoms with van der Waals surface area (Å²) in [6.07, 6.45) is 26.0. The van der Waals surface area contributed by atoms with Crippen LogP contribution in [0.25, 0.3) is 0 Å². The fraction of sp³-hybridized carbons (Fsp3) is 0.675. The third kappa shape index (κ3) is 12.7. The number of carbonyl (C=O) groups is 1. The lowest BCUT2D eigenvalue weighted by Gasteiger charge is -2.66. The molecule has 0 N–H and O–H groups in total. The molecular weight excluding hydrogens is 1090 g/mol. The van der Waals surface area contributed by atoms with Crippen LogP contribution < -0.4 is 9.47 Å². The van der Waals surface area contributed by atoms with Crippen LogP contribution >= 0.6 is 0 Å². The molecule has 0 heterocycles. The summed E-state index contributed by atoms with van der Waals surface area (Å²) in [4.78, 5) is 23.9. The molecule has 4 aromatic carbocycles. The van der Waals surface area contributed by atoms with Crippen molar-refractivity contribution in [3.8, 4) is 23.0 Å². The van der Waals surface area contributed by atoms with Crippen molar-refractivity contribution < 1.29 is 28.8 Å². The summed E-state index contributed by atoms with van der Waals surface area (Å²) in [7, 11) is 0. The van der Waals surface area contributed by atoms with E-state index in [1.807, 2.05) is 6.92 Å². The molecule has 0 spiro atoms. The fourth-order valence-corrected chi connectivity index (χ4v) is 23.4. The van der Waals surface area contributed by atoms with Crippen molar-refractivity contribution in [2.24, 2.45) is 104 Å². The molecular formula is C83H118O6. The van der Waals surface area contributed by atoms with Gasteiger partial charge in [0.2, 0.25) is 0 Å². The molecule has 89 heavy (non-hydrogen) atoms. The van der Waals surface area contributed by atoms with Gasteiger partial charge in [0.1, 0.15) is 29.1 Å². The molecule has 0 amide bonds. The van der Waals surface area contributed by atoms with Crippen molar-refractivity contribution >= 4 is 5.97 Å². The minimum absolute atomic E-state index is 0.0320. The SMILES string of the molecule is CCOOC1CC2C3CCC(C(C)CC=C(C)C)C3(C)CCC2C2(C)CCC(OC(C)=O)C(C)(C)C12.Cc1ccc(Oc2ccc(C3(c4ccc(Oc5ccc(C)cc5)cc4)CCC4(C)C(CCC5C4CCC4(C)C(C(C)CC(C)C)CCC54)C3)cc2)cc1. The molecule has 0 radical (unpaired) electrons. The second-order valence-corrected chi connectivity index (χ2v) is 33.5. The third-order valence-corrected chi connectivity index (χ3v) is 27.4. The summed E-state index contributed by atoms with van der Waals surface area (Å²) in [6, 6.07) is 35.0. The van der Waals surface area contributed by atoms with Crippen LogP contribution in [0.3, 0.4) is 0 Å². The smallest absolute Gasteiger partial charge is 0.302 e. The van der Waals surface area contributed by atoms with Gasteiger partial charge in [0.25, 0.3) is 0 Å². The van der Waals surface area contributed by atoms with Gasteiger partial charge in [-0.3, -0.25) is 4.79 Å². The van der Waals surface area contributed by atoms with Gasteiger partial charge in [-0.25, -0.2) is 9.78 Å². The Kier molecular flexibility index (Phi) is 19.4. The van der Waals surface area contributed by atoms with E-state index < -0.39 is 0 Å². The molecule has 0 saturated heterocycles. The molecule has 6 heteroatoms. The van der Waals surface area contributed by atoms with E-state index in [1.54, 1.807) is 6.92 Å². The van der Waals surface area contributed by atoms with Gasteiger partial charge in [0, 0.05) is 23.7 Å². The van der Waals surface area contributed by atoms with Crippen molar-refractivity contribution in [2.75, 3.05) is 6.61 Å². The first-order valence-corrected chi connectivity index (χ1v) is 36.1. The summed E-state index contributed by atoms with van der Waals surface area (Å²) in [5.41, 5.74) is 8.18. The highest BCUT2D eigenvalue weighted by molar-refractivity contribution is 5.66. The van der Waals surface area contributed by atoms with Crippen molar-refractivity contribution in [1.29, 1.82) is 0 Å². The molecule has 8 saturated carbocycles. The van der Waals surface area contributed by atoms with Crippen molar-refractivity contribution in [2.45, 2.75) is 244 Å². The van der Waals surface area contributed by atoms with Gasteiger partial charge in [0.15, 0.2) is 0 Å². The zero-order chi connectivity index (χ0) is 63.4.